The monoisotopic (exact) mass is 1030 g/mol. The molecule has 0 aromatic carbocycles. The number of carbonyl (C=O) groups is 2. The first-order valence-electron chi connectivity index (χ1n) is 33.1. The first-order chi connectivity index (χ1) is 36.0. The van der Waals surface area contributed by atoms with Crippen LogP contribution in [0, 0.1) is 0 Å². The van der Waals surface area contributed by atoms with Gasteiger partial charge in [-0.05, 0) is 57.8 Å². The number of hydrogen-bond donors (Lipinski definition) is 3. The number of esters is 1. The molecule has 0 saturated carbocycles. The Morgan fingerprint density at radius 1 is 0.370 bits per heavy atom. The Labute approximate surface area is 456 Å². The Morgan fingerprint density at radius 2 is 0.644 bits per heavy atom. The highest BCUT2D eigenvalue weighted by Gasteiger charge is 2.18. The number of ether oxygens (including phenoxy) is 1. The summed E-state index contributed by atoms with van der Waals surface area (Å²) in [6, 6.07) is -0.633. The Kier molecular flexibility index (Phi) is 61.4. The maximum absolute atomic E-state index is 12.5. The lowest BCUT2D eigenvalue weighted by Gasteiger charge is -2.20. The van der Waals surface area contributed by atoms with Crippen LogP contribution >= 0.6 is 0 Å². The van der Waals surface area contributed by atoms with E-state index in [0.717, 1.165) is 44.9 Å². The Hall–Kier alpha value is -1.66. The number of rotatable bonds is 62. The first-order valence-corrected chi connectivity index (χ1v) is 33.1. The van der Waals surface area contributed by atoms with E-state index in [1.807, 2.05) is 6.08 Å². The minimum absolute atomic E-state index is 0.0139. The van der Waals surface area contributed by atoms with Crippen LogP contribution < -0.4 is 5.32 Å². The highest BCUT2D eigenvalue weighted by Crippen LogP contribution is 2.18. The molecule has 0 spiro atoms. The standard InChI is InChI=1S/C67H129NO5/c1-3-5-7-9-11-13-15-17-19-27-31-35-39-43-47-51-55-59-65(70)64(63-69)68-66(71)60-56-52-48-44-40-36-32-29-25-23-21-22-24-26-30-34-38-42-46-50-54-58-62-73-67(72)61-57-53-49-45-41-37-33-28-20-18-16-14-12-10-8-6-4-2/h23,25,55,59,64-65,69-70H,3-22,24,26-54,56-58,60-63H2,1-2H3,(H,68,71)/b25-23-,59-55+. The van der Waals surface area contributed by atoms with Crippen LogP contribution in [-0.2, 0) is 14.3 Å². The molecule has 6 heteroatoms. The lowest BCUT2D eigenvalue weighted by Crippen LogP contribution is -2.45. The molecule has 0 rings (SSSR count). The molecule has 3 N–H and O–H groups in total. The third kappa shape index (κ3) is 59.4. The molecule has 0 aliphatic heterocycles. The van der Waals surface area contributed by atoms with Crippen LogP contribution in [0.25, 0.3) is 0 Å². The number of unbranched alkanes of at least 4 members (excludes halogenated alkanes) is 49. The van der Waals surface area contributed by atoms with E-state index in [4.69, 9.17) is 4.74 Å². The van der Waals surface area contributed by atoms with E-state index in [2.05, 4.69) is 31.3 Å². The van der Waals surface area contributed by atoms with Crippen LogP contribution in [0.2, 0.25) is 0 Å². The second-order valence-corrected chi connectivity index (χ2v) is 22.8. The van der Waals surface area contributed by atoms with Gasteiger partial charge in [0.05, 0.1) is 25.4 Å². The van der Waals surface area contributed by atoms with Gasteiger partial charge in [-0.3, -0.25) is 9.59 Å². The first kappa shape index (κ1) is 71.3. The Morgan fingerprint density at radius 3 is 0.973 bits per heavy atom. The van der Waals surface area contributed by atoms with E-state index in [0.29, 0.717) is 19.4 Å². The van der Waals surface area contributed by atoms with Crippen molar-refractivity contribution in [1.29, 1.82) is 0 Å². The molecule has 0 heterocycles. The summed E-state index contributed by atoms with van der Waals surface area (Å²) < 4.78 is 5.50. The van der Waals surface area contributed by atoms with E-state index in [9.17, 15) is 19.8 Å². The van der Waals surface area contributed by atoms with Gasteiger partial charge in [0.1, 0.15) is 0 Å². The molecule has 2 atom stereocenters. The second-order valence-electron chi connectivity index (χ2n) is 22.8. The average Bonchev–Trinajstić information content (AvgIpc) is 3.39. The van der Waals surface area contributed by atoms with Gasteiger partial charge in [0.15, 0.2) is 0 Å². The van der Waals surface area contributed by atoms with Crippen molar-refractivity contribution in [1.82, 2.24) is 5.32 Å². The predicted molar refractivity (Wildman–Crippen MR) is 320 cm³/mol. The fourth-order valence-corrected chi connectivity index (χ4v) is 10.4. The van der Waals surface area contributed by atoms with Crippen LogP contribution in [-0.4, -0.2) is 47.4 Å². The van der Waals surface area contributed by atoms with Crippen LogP contribution in [0.3, 0.4) is 0 Å². The van der Waals surface area contributed by atoms with Gasteiger partial charge in [-0.2, -0.15) is 0 Å². The summed E-state index contributed by atoms with van der Waals surface area (Å²) in [5.74, 6) is -0.0584. The van der Waals surface area contributed by atoms with E-state index >= 15 is 0 Å². The van der Waals surface area contributed by atoms with Crippen molar-refractivity contribution in [2.45, 2.75) is 379 Å². The van der Waals surface area contributed by atoms with Crippen molar-refractivity contribution < 1.29 is 24.5 Å². The summed E-state index contributed by atoms with van der Waals surface area (Å²) in [6.07, 6.45) is 78.0. The summed E-state index contributed by atoms with van der Waals surface area (Å²) in [6.45, 7) is 4.93. The lowest BCUT2D eigenvalue weighted by atomic mass is 10.0. The summed E-state index contributed by atoms with van der Waals surface area (Å²) in [5.41, 5.74) is 0. The van der Waals surface area contributed by atoms with Gasteiger partial charge in [-0.25, -0.2) is 0 Å². The quantitative estimate of drug-likeness (QED) is 0.0320. The molecular weight excluding hydrogens is 899 g/mol. The summed E-state index contributed by atoms with van der Waals surface area (Å²) >= 11 is 0. The zero-order valence-electron chi connectivity index (χ0n) is 49.4. The molecule has 1 amide bonds. The molecule has 0 radical (unpaired) electrons. The zero-order valence-corrected chi connectivity index (χ0v) is 49.4. The number of carbonyl (C=O) groups excluding carboxylic acids is 2. The van der Waals surface area contributed by atoms with Gasteiger partial charge in [0, 0.05) is 12.8 Å². The fraction of sp³-hybridized carbons (Fsp3) is 0.910. The lowest BCUT2D eigenvalue weighted by molar-refractivity contribution is -0.143. The third-order valence-corrected chi connectivity index (χ3v) is 15.5. The van der Waals surface area contributed by atoms with E-state index < -0.39 is 12.1 Å². The smallest absolute Gasteiger partial charge is 0.305 e. The van der Waals surface area contributed by atoms with Crippen LogP contribution in [0.5, 0.6) is 0 Å². The van der Waals surface area contributed by atoms with Crippen molar-refractivity contribution in [3.63, 3.8) is 0 Å². The van der Waals surface area contributed by atoms with Crippen LogP contribution in [0.1, 0.15) is 367 Å². The molecule has 0 aliphatic rings. The van der Waals surface area contributed by atoms with Crippen molar-refractivity contribution >= 4 is 11.9 Å². The number of aliphatic hydroxyl groups excluding tert-OH is 2. The molecule has 0 bridgehead atoms. The fourth-order valence-electron chi connectivity index (χ4n) is 10.4. The van der Waals surface area contributed by atoms with Gasteiger partial charge in [0.25, 0.3) is 0 Å². The molecular formula is C67H129NO5. The molecule has 0 fully saturated rings. The molecule has 432 valence electrons. The second kappa shape index (κ2) is 62.9. The summed E-state index contributed by atoms with van der Waals surface area (Å²) in [5, 5.41) is 23.2. The Bertz CT molecular complexity index is 1140. The Balaban J connectivity index is 3.42. The molecule has 0 saturated heterocycles. The minimum atomic E-state index is -0.849. The van der Waals surface area contributed by atoms with Gasteiger partial charge in [-0.1, -0.05) is 321 Å². The van der Waals surface area contributed by atoms with Crippen molar-refractivity contribution in [3.05, 3.63) is 24.3 Å². The van der Waals surface area contributed by atoms with Crippen molar-refractivity contribution in [3.8, 4) is 0 Å². The molecule has 6 nitrogen and oxygen atoms in total. The van der Waals surface area contributed by atoms with Gasteiger partial charge in [-0.15, -0.1) is 0 Å². The molecule has 2 unspecified atom stereocenters. The molecule has 0 aromatic heterocycles. The van der Waals surface area contributed by atoms with Crippen LogP contribution in [0.15, 0.2) is 24.3 Å². The topological polar surface area (TPSA) is 95.9 Å². The normalized spacial score (nSPS) is 12.7. The van der Waals surface area contributed by atoms with Crippen molar-refractivity contribution in [2.24, 2.45) is 0 Å². The number of nitrogens with one attached hydrogen (secondary N) is 1. The molecule has 0 aromatic rings. The van der Waals surface area contributed by atoms with Crippen molar-refractivity contribution in [2.75, 3.05) is 13.2 Å². The average molecular weight is 1030 g/mol. The van der Waals surface area contributed by atoms with Gasteiger partial charge in [0.2, 0.25) is 5.91 Å². The maximum atomic E-state index is 12.5. The summed E-state index contributed by atoms with van der Waals surface area (Å²) in [7, 11) is 0. The van der Waals surface area contributed by atoms with E-state index in [-0.39, 0.29) is 18.5 Å². The zero-order chi connectivity index (χ0) is 52.9. The maximum Gasteiger partial charge on any atom is 0.305 e. The minimum Gasteiger partial charge on any atom is -0.466 e. The number of hydrogen-bond acceptors (Lipinski definition) is 5. The summed E-state index contributed by atoms with van der Waals surface area (Å²) in [4.78, 5) is 24.6. The predicted octanol–water partition coefficient (Wildman–Crippen LogP) is 21.0. The van der Waals surface area contributed by atoms with Gasteiger partial charge < -0.3 is 20.3 Å². The number of aliphatic hydroxyl groups is 2. The van der Waals surface area contributed by atoms with E-state index in [1.165, 1.54) is 295 Å². The highest BCUT2D eigenvalue weighted by molar-refractivity contribution is 5.76. The van der Waals surface area contributed by atoms with E-state index in [1.54, 1.807) is 6.08 Å². The number of amides is 1. The highest BCUT2D eigenvalue weighted by atomic mass is 16.5. The number of allylic oxidation sites excluding steroid dienone is 3. The third-order valence-electron chi connectivity index (χ3n) is 15.5. The largest absolute Gasteiger partial charge is 0.466 e. The molecule has 0 aliphatic carbocycles. The molecule has 73 heavy (non-hydrogen) atoms. The van der Waals surface area contributed by atoms with Crippen LogP contribution in [0.4, 0.5) is 0 Å². The SMILES string of the molecule is CCCCCCCCCCCCCCCCC/C=C/C(O)C(CO)NC(=O)CCCCCCCCC/C=C\CCCCCCCCCCCCCOC(=O)CCCCCCCCCCCCCCCCCCC. The van der Waals surface area contributed by atoms with Gasteiger partial charge >= 0.3 is 5.97 Å².